The van der Waals surface area contributed by atoms with Crippen LogP contribution in [0.1, 0.15) is 24.8 Å². The highest BCUT2D eigenvalue weighted by Crippen LogP contribution is 2.68. The molecule has 1 saturated heterocycles. The van der Waals surface area contributed by atoms with Crippen molar-refractivity contribution < 1.29 is 9.59 Å². The Balaban J connectivity index is 1.57. The lowest BCUT2D eigenvalue weighted by atomic mass is 9.59. The fraction of sp³-hybridized carbons (Fsp3) is 0.556. The van der Waals surface area contributed by atoms with E-state index in [2.05, 4.69) is 0 Å². The molecule has 0 aromatic heterocycles. The molecule has 0 spiro atoms. The summed E-state index contributed by atoms with van der Waals surface area (Å²) in [6.45, 7) is 1.91. The molecule has 0 unspecified atom stereocenters. The fourth-order valence-electron chi connectivity index (χ4n) is 5.56. The zero-order valence-electron chi connectivity index (χ0n) is 12.5. The van der Waals surface area contributed by atoms with E-state index in [1.807, 2.05) is 13.0 Å². The third-order valence-electron chi connectivity index (χ3n) is 6.54. The normalized spacial score (nSPS) is 41.6. The summed E-state index contributed by atoms with van der Waals surface area (Å²) in [4.78, 5) is 27.4. The van der Waals surface area contributed by atoms with E-state index in [0.717, 1.165) is 30.2 Å². The number of rotatable bonds is 1. The second-order valence-electron chi connectivity index (χ2n) is 7.47. The Hall–Kier alpha value is -1.35. The molecule has 1 aromatic rings. The number of carbonyl (C=O) groups excluding carboxylic acids is 2. The second kappa shape index (κ2) is 4.14. The lowest BCUT2D eigenvalue weighted by molar-refractivity contribution is -0.129. The van der Waals surface area contributed by atoms with Gasteiger partial charge in [0.1, 0.15) is 0 Å². The molecule has 4 saturated carbocycles. The Bertz CT molecular complexity index is 681. The molecule has 1 aromatic carbocycles. The third-order valence-corrected chi connectivity index (χ3v) is 6.97. The van der Waals surface area contributed by atoms with Crippen molar-refractivity contribution in [3.8, 4) is 0 Å². The van der Waals surface area contributed by atoms with E-state index in [0.29, 0.717) is 22.5 Å². The maximum absolute atomic E-state index is 13.0. The SMILES string of the molecule is Cc1cc(N2C(=O)[C@@H]3[C@@H]4CC[C@@H]([C@H]5C[C@H]54)[C@@H]3C2=O)ccc1Cl. The van der Waals surface area contributed by atoms with Crippen LogP contribution in [-0.4, -0.2) is 11.8 Å². The first-order valence-electron chi connectivity index (χ1n) is 8.22. The number of aryl methyl sites for hydroxylation is 1. The van der Waals surface area contributed by atoms with Crippen molar-refractivity contribution in [3.63, 3.8) is 0 Å². The van der Waals surface area contributed by atoms with E-state index >= 15 is 0 Å². The highest BCUT2D eigenvalue weighted by molar-refractivity contribution is 6.31. The molecule has 2 bridgehead atoms. The van der Waals surface area contributed by atoms with Gasteiger partial charge in [-0.3, -0.25) is 14.5 Å². The molecule has 1 aliphatic heterocycles. The first kappa shape index (κ1) is 13.1. The number of imide groups is 1. The summed E-state index contributed by atoms with van der Waals surface area (Å²) < 4.78 is 0. The zero-order valence-corrected chi connectivity index (χ0v) is 13.2. The minimum Gasteiger partial charge on any atom is -0.274 e. The molecule has 5 aliphatic rings. The van der Waals surface area contributed by atoms with Crippen molar-refractivity contribution in [1.29, 1.82) is 0 Å². The van der Waals surface area contributed by atoms with E-state index in [9.17, 15) is 9.59 Å². The topological polar surface area (TPSA) is 37.4 Å². The molecule has 114 valence electrons. The Morgan fingerprint density at radius 1 is 1.00 bits per heavy atom. The fourth-order valence-corrected chi connectivity index (χ4v) is 5.68. The molecule has 22 heavy (non-hydrogen) atoms. The molecule has 4 heteroatoms. The number of benzene rings is 1. The number of fused-ring (bicyclic) bond motifs is 1. The van der Waals surface area contributed by atoms with Crippen molar-refractivity contribution >= 4 is 29.1 Å². The smallest absolute Gasteiger partial charge is 0.237 e. The number of anilines is 1. The van der Waals surface area contributed by atoms with Gasteiger partial charge in [-0.1, -0.05) is 11.6 Å². The number of amides is 2. The monoisotopic (exact) mass is 315 g/mol. The second-order valence-corrected chi connectivity index (χ2v) is 7.87. The molecule has 0 radical (unpaired) electrons. The summed E-state index contributed by atoms with van der Waals surface area (Å²) in [5, 5.41) is 0.668. The maximum Gasteiger partial charge on any atom is 0.237 e. The van der Waals surface area contributed by atoms with Crippen LogP contribution in [0.5, 0.6) is 0 Å². The first-order chi connectivity index (χ1) is 10.6. The molecule has 5 fully saturated rings. The van der Waals surface area contributed by atoms with Gasteiger partial charge in [-0.2, -0.15) is 0 Å². The van der Waals surface area contributed by atoms with Gasteiger partial charge in [-0.05, 0) is 73.6 Å². The van der Waals surface area contributed by atoms with Gasteiger partial charge in [0, 0.05) is 5.02 Å². The lowest BCUT2D eigenvalue weighted by Gasteiger charge is -2.42. The van der Waals surface area contributed by atoms with Gasteiger partial charge in [-0.25, -0.2) is 0 Å². The van der Waals surface area contributed by atoms with E-state index in [1.54, 1.807) is 12.1 Å². The number of nitrogens with zero attached hydrogens (tertiary/aromatic N) is 1. The molecule has 1 heterocycles. The Morgan fingerprint density at radius 3 is 2.14 bits per heavy atom. The molecular formula is C18H18ClNO2. The maximum atomic E-state index is 13.0. The van der Waals surface area contributed by atoms with Crippen LogP contribution in [0.3, 0.4) is 0 Å². The summed E-state index contributed by atoms with van der Waals surface area (Å²) in [5.74, 6) is 2.34. The predicted octanol–water partition coefficient (Wildman–Crippen LogP) is 3.43. The summed E-state index contributed by atoms with van der Waals surface area (Å²) in [5.41, 5.74) is 1.60. The van der Waals surface area contributed by atoms with Crippen LogP contribution in [0, 0.1) is 42.4 Å². The highest BCUT2D eigenvalue weighted by atomic mass is 35.5. The van der Waals surface area contributed by atoms with Crippen molar-refractivity contribution in [2.45, 2.75) is 26.2 Å². The van der Waals surface area contributed by atoms with Crippen LogP contribution >= 0.6 is 11.6 Å². The van der Waals surface area contributed by atoms with Crippen LogP contribution < -0.4 is 4.90 Å². The van der Waals surface area contributed by atoms with E-state index in [1.165, 1.54) is 11.3 Å². The Morgan fingerprint density at radius 2 is 1.59 bits per heavy atom. The van der Waals surface area contributed by atoms with E-state index < -0.39 is 0 Å². The molecule has 6 rings (SSSR count). The number of hydrogen-bond acceptors (Lipinski definition) is 2. The average molecular weight is 316 g/mol. The molecule has 4 aliphatic carbocycles. The van der Waals surface area contributed by atoms with E-state index in [-0.39, 0.29) is 23.7 Å². The molecule has 3 nitrogen and oxygen atoms in total. The van der Waals surface area contributed by atoms with Crippen molar-refractivity contribution in [1.82, 2.24) is 0 Å². The minimum absolute atomic E-state index is 0.0387. The van der Waals surface area contributed by atoms with E-state index in [4.69, 9.17) is 11.6 Å². The predicted molar refractivity (Wildman–Crippen MR) is 83.5 cm³/mol. The van der Waals surface area contributed by atoms with Crippen molar-refractivity contribution in [2.75, 3.05) is 4.90 Å². The summed E-state index contributed by atoms with van der Waals surface area (Å²) >= 11 is 6.07. The standard InChI is InChI=1S/C18H18ClNO2/c1-8-6-9(2-5-14(8)19)20-17(21)15-10-3-4-11(13-7-12(10)13)16(15)18(20)22/h2,5-6,10-13,15-16H,3-4,7H2,1H3/t10-,11+,12+,13-,15-,16+. The summed E-state index contributed by atoms with van der Waals surface area (Å²) in [6.07, 6.45) is 3.53. The van der Waals surface area contributed by atoms with Crippen molar-refractivity contribution in [2.24, 2.45) is 35.5 Å². The minimum atomic E-state index is -0.0500. The van der Waals surface area contributed by atoms with Crippen LogP contribution in [0.25, 0.3) is 0 Å². The van der Waals surface area contributed by atoms with Crippen LogP contribution in [-0.2, 0) is 9.59 Å². The van der Waals surface area contributed by atoms with Gasteiger partial charge in [0.05, 0.1) is 17.5 Å². The Kier molecular flexibility index (Phi) is 2.47. The zero-order chi connectivity index (χ0) is 15.2. The first-order valence-corrected chi connectivity index (χ1v) is 8.59. The molecule has 6 atom stereocenters. The average Bonchev–Trinajstić information content (AvgIpc) is 3.28. The molecule has 2 amide bonds. The van der Waals surface area contributed by atoms with Gasteiger partial charge in [0.2, 0.25) is 11.8 Å². The number of carbonyl (C=O) groups is 2. The largest absolute Gasteiger partial charge is 0.274 e. The van der Waals surface area contributed by atoms with Gasteiger partial charge in [-0.15, -0.1) is 0 Å². The lowest BCUT2D eigenvalue weighted by Crippen LogP contribution is -2.43. The number of halogens is 1. The number of hydrogen-bond donors (Lipinski definition) is 0. The Labute approximate surface area is 134 Å². The van der Waals surface area contributed by atoms with Crippen LogP contribution in [0.15, 0.2) is 18.2 Å². The molecular weight excluding hydrogens is 298 g/mol. The summed E-state index contributed by atoms with van der Waals surface area (Å²) in [7, 11) is 0. The highest BCUT2D eigenvalue weighted by Gasteiger charge is 2.68. The van der Waals surface area contributed by atoms with Crippen LogP contribution in [0.2, 0.25) is 5.02 Å². The van der Waals surface area contributed by atoms with Gasteiger partial charge >= 0.3 is 0 Å². The van der Waals surface area contributed by atoms with Crippen LogP contribution in [0.4, 0.5) is 5.69 Å². The van der Waals surface area contributed by atoms with Gasteiger partial charge in [0.25, 0.3) is 0 Å². The van der Waals surface area contributed by atoms with Gasteiger partial charge < -0.3 is 0 Å². The third kappa shape index (κ3) is 1.48. The molecule has 0 N–H and O–H groups in total. The van der Waals surface area contributed by atoms with Crippen molar-refractivity contribution in [3.05, 3.63) is 28.8 Å². The van der Waals surface area contributed by atoms with Gasteiger partial charge in [0.15, 0.2) is 0 Å². The summed E-state index contributed by atoms with van der Waals surface area (Å²) in [6, 6.07) is 5.43. The quantitative estimate of drug-likeness (QED) is 0.745.